The summed E-state index contributed by atoms with van der Waals surface area (Å²) in [7, 11) is 0. The minimum absolute atomic E-state index is 0.0916. The number of carbonyl (C=O) groups excluding carboxylic acids is 2. The molecule has 0 saturated carbocycles. The third kappa shape index (κ3) is 4.10. The van der Waals surface area contributed by atoms with Crippen LogP contribution in [0, 0.1) is 0 Å². The Morgan fingerprint density at radius 1 is 0.688 bits per heavy atom. The van der Waals surface area contributed by atoms with E-state index in [0.717, 1.165) is 11.1 Å². The first-order valence-electron chi connectivity index (χ1n) is 9.81. The first-order valence-corrected chi connectivity index (χ1v) is 9.81. The molecule has 1 aromatic heterocycles. The Balaban J connectivity index is 1.19. The molecule has 10 heteroatoms. The summed E-state index contributed by atoms with van der Waals surface area (Å²) < 4.78 is 21.2. The van der Waals surface area contributed by atoms with Crippen molar-refractivity contribution in [1.29, 1.82) is 0 Å². The molecule has 3 heterocycles. The molecular formula is C22H18N4O6. The van der Waals surface area contributed by atoms with Crippen molar-refractivity contribution in [2.24, 2.45) is 0 Å². The van der Waals surface area contributed by atoms with Gasteiger partial charge in [-0.15, -0.1) is 0 Å². The molecule has 3 aromatic rings. The largest absolute Gasteiger partial charge is 0.454 e. The van der Waals surface area contributed by atoms with E-state index < -0.39 is 11.8 Å². The van der Waals surface area contributed by atoms with Crippen LogP contribution in [0.15, 0.2) is 48.8 Å². The topological polar surface area (TPSA) is 121 Å². The van der Waals surface area contributed by atoms with Gasteiger partial charge in [0.2, 0.25) is 13.6 Å². The molecular weight excluding hydrogens is 416 g/mol. The van der Waals surface area contributed by atoms with E-state index in [9.17, 15) is 9.59 Å². The predicted octanol–water partition coefficient (Wildman–Crippen LogP) is 1.79. The Hall–Kier alpha value is -4.34. The zero-order valence-electron chi connectivity index (χ0n) is 16.8. The third-order valence-corrected chi connectivity index (χ3v) is 4.91. The normalized spacial score (nSPS) is 13.0. The second-order valence-electron chi connectivity index (χ2n) is 7.03. The quantitative estimate of drug-likeness (QED) is 0.603. The summed E-state index contributed by atoms with van der Waals surface area (Å²) in [6.07, 6.45) is 1.19. The average molecular weight is 434 g/mol. The molecule has 0 atom stereocenters. The van der Waals surface area contributed by atoms with Crippen LogP contribution >= 0.6 is 0 Å². The number of nitrogens with zero attached hydrogens (tertiary/aromatic N) is 2. The highest BCUT2D eigenvalue weighted by molar-refractivity contribution is 5.97. The minimum atomic E-state index is -0.421. The van der Waals surface area contributed by atoms with Crippen molar-refractivity contribution in [2.75, 3.05) is 13.6 Å². The highest BCUT2D eigenvalue weighted by Crippen LogP contribution is 2.33. The van der Waals surface area contributed by atoms with Crippen molar-refractivity contribution in [3.63, 3.8) is 0 Å². The van der Waals surface area contributed by atoms with E-state index in [1.807, 2.05) is 12.1 Å². The zero-order chi connectivity index (χ0) is 21.9. The summed E-state index contributed by atoms with van der Waals surface area (Å²) in [6.45, 7) is 0.910. The van der Waals surface area contributed by atoms with E-state index in [1.165, 1.54) is 12.4 Å². The van der Waals surface area contributed by atoms with Gasteiger partial charge in [-0.3, -0.25) is 9.59 Å². The Bertz CT molecular complexity index is 1110. The Morgan fingerprint density at radius 2 is 1.16 bits per heavy atom. The fourth-order valence-corrected chi connectivity index (χ4v) is 3.25. The van der Waals surface area contributed by atoms with Crippen LogP contribution in [-0.2, 0) is 13.1 Å². The number of hydrogen-bond acceptors (Lipinski definition) is 8. The molecule has 0 radical (unpaired) electrons. The molecule has 0 unspecified atom stereocenters. The van der Waals surface area contributed by atoms with Crippen molar-refractivity contribution in [1.82, 2.24) is 20.6 Å². The Kier molecular flexibility index (Phi) is 5.16. The molecule has 2 amide bonds. The van der Waals surface area contributed by atoms with E-state index in [4.69, 9.17) is 18.9 Å². The highest BCUT2D eigenvalue weighted by Gasteiger charge is 2.17. The van der Waals surface area contributed by atoms with Crippen LogP contribution in [0.4, 0.5) is 0 Å². The van der Waals surface area contributed by atoms with Crippen molar-refractivity contribution >= 4 is 11.8 Å². The molecule has 2 N–H and O–H groups in total. The van der Waals surface area contributed by atoms with Gasteiger partial charge in [0, 0.05) is 19.2 Å². The number of fused-ring (bicyclic) bond motifs is 2. The van der Waals surface area contributed by atoms with Gasteiger partial charge in [0.15, 0.2) is 23.0 Å². The van der Waals surface area contributed by atoms with Gasteiger partial charge in [0.1, 0.15) is 17.7 Å². The number of nitrogens with one attached hydrogen (secondary N) is 2. The molecule has 32 heavy (non-hydrogen) atoms. The van der Waals surface area contributed by atoms with Crippen LogP contribution in [0.1, 0.15) is 32.1 Å². The van der Waals surface area contributed by atoms with Gasteiger partial charge in [0.25, 0.3) is 11.8 Å². The molecule has 10 nitrogen and oxygen atoms in total. The van der Waals surface area contributed by atoms with Crippen molar-refractivity contribution in [3.05, 3.63) is 71.3 Å². The van der Waals surface area contributed by atoms with Crippen LogP contribution in [0.5, 0.6) is 23.0 Å². The van der Waals surface area contributed by atoms with Gasteiger partial charge < -0.3 is 29.6 Å². The van der Waals surface area contributed by atoms with Gasteiger partial charge in [-0.25, -0.2) is 9.97 Å². The van der Waals surface area contributed by atoms with Gasteiger partial charge in [0.05, 0.1) is 0 Å². The average Bonchev–Trinajstić information content (AvgIpc) is 3.49. The van der Waals surface area contributed by atoms with E-state index >= 15 is 0 Å². The van der Waals surface area contributed by atoms with Crippen LogP contribution in [-0.4, -0.2) is 35.4 Å². The summed E-state index contributed by atoms with van der Waals surface area (Å²) in [5, 5.41) is 5.54. The first kappa shape index (κ1) is 19.6. The fourth-order valence-electron chi connectivity index (χ4n) is 3.25. The Morgan fingerprint density at radius 3 is 1.66 bits per heavy atom. The van der Waals surface area contributed by atoms with Gasteiger partial charge in [-0.05, 0) is 35.4 Å². The van der Waals surface area contributed by atoms with Gasteiger partial charge in [-0.2, -0.15) is 0 Å². The number of carbonyl (C=O) groups is 2. The van der Waals surface area contributed by atoms with Crippen molar-refractivity contribution in [2.45, 2.75) is 13.1 Å². The second kappa shape index (κ2) is 8.42. The SMILES string of the molecule is O=C(NCc1ccc2c(c1)OCO2)c1cc(C(=O)NCc2ccc3c(c2)OCO3)ncn1. The molecule has 2 aromatic carbocycles. The standard InChI is InChI=1S/C22H18N4O6/c27-21(23-8-13-1-3-17-19(5-13)31-11-29-17)15-7-16(26-10-25-15)22(28)24-9-14-2-4-18-20(6-14)32-12-30-18/h1-7,10H,8-9,11-12H2,(H,23,27)(H,24,28). The maximum absolute atomic E-state index is 12.5. The lowest BCUT2D eigenvalue weighted by Gasteiger charge is -2.08. The lowest BCUT2D eigenvalue weighted by atomic mass is 10.2. The molecule has 162 valence electrons. The van der Waals surface area contributed by atoms with Crippen LogP contribution in [0.25, 0.3) is 0 Å². The lowest BCUT2D eigenvalue weighted by Crippen LogP contribution is -2.27. The molecule has 2 aliphatic rings. The van der Waals surface area contributed by atoms with Crippen LogP contribution in [0.3, 0.4) is 0 Å². The van der Waals surface area contributed by atoms with E-state index in [2.05, 4.69) is 20.6 Å². The van der Waals surface area contributed by atoms with Crippen LogP contribution < -0.4 is 29.6 Å². The van der Waals surface area contributed by atoms with Crippen molar-refractivity contribution < 1.29 is 28.5 Å². The lowest BCUT2D eigenvalue weighted by molar-refractivity contribution is 0.0944. The molecule has 5 rings (SSSR count). The highest BCUT2D eigenvalue weighted by atomic mass is 16.7. The zero-order valence-corrected chi connectivity index (χ0v) is 16.8. The van der Waals surface area contributed by atoms with Crippen LogP contribution in [0.2, 0.25) is 0 Å². The number of ether oxygens (including phenoxy) is 4. The summed E-state index contributed by atoms with van der Waals surface area (Å²) in [6, 6.07) is 12.2. The van der Waals surface area contributed by atoms with E-state index in [-0.39, 0.29) is 38.1 Å². The van der Waals surface area contributed by atoms with Gasteiger partial charge >= 0.3 is 0 Å². The number of hydrogen-bond donors (Lipinski definition) is 2. The molecule has 0 bridgehead atoms. The Labute approximate surface area is 182 Å². The molecule has 0 spiro atoms. The molecule has 0 fully saturated rings. The maximum Gasteiger partial charge on any atom is 0.270 e. The van der Waals surface area contributed by atoms with E-state index in [0.29, 0.717) is 23.0 Å². The number of rotatable bonds is 6. The summed E-state index contributed by atoms with van der Waals surface area (Å²) in [4.78, 5) is 32.9. The fraction of sp³-hybridized carbons (Fsp3) is 0.182. The summed E-state index contributed by atoms with van der Waals surface area (Å²) in [5.74, 6) is 1.78. The first-order chi connectivity index (χ1) is 15.7. The molecule has 2 aliphatic heterocycles. The molecule has 0 saturated heterocycles. The monoisotopic (exact) mass is 434 g/mol. The number of aromatic nitrogens is 2. The minimum Gasteiger partial charge on any atom is -0.454 e. The predicted molar refractivity (Wildman–Crippen MR) is 110 cm³/mol. The summed E-state index contributed by atoms with van der Waals surface area (Å²) >= 11 is 0. The number of amides is 2. The smallest absolute Gasteiger partial charge is 0.270 e. The maximum atomic E-state index is 12.5. The molecule has 0 aliphatic carbocycles. The van der Waals surface area contributed by atoms with Crippen molar-refractivity contribution in [3.8, 4) is 23.0 Å². The second-order valence-corrected chi connectivity index (χ2v) is 7.03. The van der Waals surface area contributed by atoms with Gasteiger partial charge in [-0.1, -0.05) is 12.1 Å². The van der Waals surface area contributed by atoms with E-state index in [1.54, 1.807) is 24.3 Å². The number of benzene rings is 2. The summed E-state index contributed by atoms with van der Waals surface area (Å²) in [5.41, 5.74) is 1.87. The third-order valence-electron chi connectivity index (χ3n) is 4.91.